The molecule has 0 unspecified atom stereocenters. The van der Waals surface area contributed by atoms with E-state index in [-0.39, 0.29) is 0 Å². The quantitative estimate of drug-likeness (QED) is 0.743. The SMILES string of the molecule is Clc1cccc2c1OCC1(CCCC1)CN2. The van der Waals surface area contributed by atoms with Crippen molar-refractivity contribution in [1.82, 2.24) is 0 Å². The minimum Gasteiger partial charge on any atom is -0.489 e. The maximum atomic E-state index is 6.14. The van der Waals surface area contributed by atoms with Gasteiger partial charge in [-0.2, -0.15) is 0 Å². The zero-order valence-electron chi connectivity index (χ0n) is 9.26. The summed E-state index contributed by atoms with van der Waals surface area (Å²) in [5.41, 5.74) is 1.37. The molecule has 1 N–H and O–H groups in total. The van der Waals surface area contributed by atoms with Gasteiger partial charge < -0.3 is 10.1 Å². The Morgan fingerprint density at radius 2 is 2.06 bits per heavy atom. The molecule has 1 fully saturated rings. The third-order valence-corrected chi connectivity index (χ3v) is 4.11. The Morgan fingerprint density at radius 1 is 1.25 bits per heavy atom. The average Bonchev–Trinajstić information content (AvgIpc) is 2.65. The normalized spacial score (nSPS) is 22.1. The lowest BCUT2D eigenvalue weighted by molar-refractivity contribution is 0.169. The second-order valence-electron chi connectivity index (χ2n) is 4.97. The summed E-state index contributed by atoms with van der Waals surface area (Å²) >= 11 is 6.14. The molecule has 3 heteroatoms. The number of fused-ring (bicyclic) bond motifs is 1. The van der Waals surface area contributed by atoms with Gasteiger partial charge in [-0.05, 0) is 25.0 Å². The predicted octanol–water partition coefficient (Wildman–Crippen LogP) is 3.70. The lowest BCUT2D eigenvalue weighted by Gasteiger charge is -2.25. The first-order valence-corrected chi connectivity index (χ1v) is 6.32. The summed E-state index contributed by atoms with van der Waals surface area (Å²) in [6.07, 6.45) is 5.20. The fourth-order valence-corrected chi connectivity index (χ4v) is 3.03. The summed E-state index contributed by atoms with van der Waals surface area (Å²) in [5.74, 6) is 0.827. The summed E-state index contributed by atoms with van der Waals surface area (Å²) in [6.45, 7) is 1.82. The van der Waals surface area contributed by atoms with Gasteiger partial charge in [-0.3, -0.25) is 0 Å². The first-order chi connectivity index (χ1) is 7.79. The summed E-state index contributed by atoms with van der Waals surface area (Å²) in [5, 5.41) is 4.20. The van der Waals surface area contributed by atoms with Crippen LogP contribution in [0.2, 0.25) is 5.02 Å². The molecule has 1 saturated carbocycles. The van der Waals surface area contributed by atoms with E-state index in [0.717, 1.165) is 24.6 Å². The molecule has 1 aromatic rings. The molecule has 1 aliphatic carbocycles. The number of ether oxygens (including phenoxy) is 1. The standard InChI is InChI=1S/C13H16ClNO/c14-10-4-3-5-11-12(10)16-9-13(8-15-11)6-1-2-7-13/h3-5,15H,1-2,6-9H2. The molecule has 1 heterocycles. The summed E-state index contributed by atoms with van der Waals surface area (Å²) in [7, 11) is 0. The van der Waals surface area contributed by atoms with Crippen LogP contribution in [0, 0.1) is 5.41 Å². The van der Waals surface area contributed by atoms with Gasteiger partial charge in [-0.1, -0.05) is 30.5 Å². The first kappa shape index (κ1) is 10.3. The molecule has 0 saturated heterocycles. The summed E-state index contributed by atoms with van der Waals surface area (Å²) < 4.78 is 5.92. The molecular weight excluding hydrogens is 222 g/mol. The van der Waals surface area contributed by atoms with E-state index in [1.165, 1.54) is 25.7 Å². The number of anilines is 1. The molecule has 0 amide bonds. The second kappa shape index (κ2) is 3.85. The molecule has 2 aliphatic rings. The van der Waals surface area contributed by atoms with Crippen molar-refractivity contribution in [1.29, 1.82) is 0 Å². The minimum absolute atomic E-state index is 0.336. The van der Waals surface area contributed by atoms with Gasteiger partial charge in [-0.15, -0.1) is 0 Å². The number of nitrogens with one attached hydrogen (secondary N) is 1. The molecule has 2 nitrogen and oxygen atoms in total. The average molecular weight is 238 g/mol. The number of rotatable bonds is 0. The summed E-state index contributed by atoms with van der Waals surface area (Å²) in [4.78, 5) is 0. The lowest BCUT2D eigenvalue weighted by Crippen LogP contribution is -2.30. The van der Waals surface area contributed by atoms with E-state index in [4.69, 9.17) is 16.3 Å². The second-order valence-corrected chi connectivity index (χ2v) is 5.37. The fourth-order valence-electron chi connectivity index (χ4n) is 2.80. The molecular formula is C13H16ClNO. The number of halogens is 1. The van der Waals surface area contributed by atoms with Gasteiger partial charge in [0, 0.05) is 12.0 Å². The highest BCUT2D eigenvalue weighted by Crippen LogP contribution is 2.43. The maximum absolute atomic E-state index is 6.14. The number of para-hydroxylation sites is 1. The van der Waals surface area contributed by atoms with Gasteiger partial charge in [0.25, 0.3) is 0 Å². The zero-order valence-corrected chi connectivity index (χ0v) is 10.0. The van der Waals surface area contributed by atoms with E-state index in [0.29, 0.717) is 10.4 Å². The third kappa shape index (κ3) is 1.65. The molecule has 1 spiro atoms. The Labute approximate surface area is 101 Å². The predicted molar refractivity (Wildman–Crippen MR) is 66.3 cm³/mol. The van der Waals surface area contributed by atoms with Crippen molar-refractivity contribution < 1.29 is 4.74 Å². The Kier molecular flexibility index (Phi) is 2.47. The number of hydrogen-bond donors (Lipinski definition) is 1. The number of hydrogen-bond acceptors (Lipinski definition) is 2. The van der Waals surface area contributed by atoms with Gasteiger partial charge >= 0.3 is 0 Å². The molecule has 0 bridgehead atoms. The molecule has 1 aliphatic heterocycles. The highest BCUT2D eigenvalue weighted by Gasteiger charge is 2.36. The third-order valence-electron chi connectivity index (χ3n) is 3.81. The highest BCUT2D eigenvalue weighted by molar-refractivity contribution is 6.32. The van der Waals surface area contributed by atoms with E-state index in [9.17, 15) is 0 Å². The smallest absolute Gasteiger partial charge is 0.160 e. The first-order valence-electron chi connectivity index (χ1n) is 5.94. The Morgan fingerprint density at radius 3 is 2.88 bits per heavy atom. The van der Waals surface area contributed by atoms with E-state index in [2.05, 4.69) is 5.32 Å². The number of benzene rings is 1. The van der Waals surface area contributed by atoms with E-state index in [1.807, 2.05) is 18.2 Å². The zero-order chi connectivity index (χ0) is 11.0. The van der Waals surface area contributed by atoms with Crippen molar-refractivity contribution in [3.8, 4) is 5.75 Å². The molecule has 0 aromatic heterocycles. The van der Waals surface area contributed by atoms with E-state index < -0.39 is 0 Å². The molecule has 0 atom stereocenters. The van der Waals surface area contributed by atoms with Gasteiger partial charge in [-0.25, -0.2) is 0 Å². The molecule has 1 aromatic carbocycles. The van der Waals surface area contributed by atoms with Crippen molar-refractivity contribution >= 4 is 17.3 Å². The van der Waals surface area contributed by atoms with Crippen LogP contribution in [0.25, 0.3) is 0 Å². The lowest BCUT2D eigenvalue weighted by atomic mass is 9.87. The molecule has 16 heavy (non-hydrogen) atoms. The van der Waals surface area contributed by atoms with Crippen LogP contribution in [0.1, 0.15) is 25.7 Å². The van der Waals surface area contributed by atoms with Crippen LogP contribution < -0.4 is 10.1 Å². The van der Waals surface area contributed by atoms with Crippen LogP contribution in [-0.4, -0.2) is 13.2 Å². The van der Waals surface area contributed by atoms with Crippen LogP contribution in [-0.2, 0) is 0 Å². The summed E-state index contributed by atoms with van der Waals surface area (Å²) in [6, 6.07) is 5.88. The van der Waals surface area contributed by atoms with Crippen LogP contribution in [0.5, 0.6) is 5.75 Å². The van der Waals surface area contributed by atoms with Crippen molar-refractivity contribution in [2.45, 2.75) is 25.7 Å². The van der Waals surface area contributed by atoms with E-state index >= 15 is 0 Å². The van der Waals surface area contributed by atoms with Gasteiger partial charge in [0.1, 0.15) is 0 Å². The van der Waals surface area contributed by atoms with Crippen LogP contribution in [0.15, 0.2) is 18.2 Å². The Hall–Kier alpha value is -0.890. The van der Waals surface area contributed by atoms with Crippen LogP contribution >= 0.6 is 11.6 Å². The van der Waals surface area contributed by atoms with Crippen molar-refractivity contribution in [2.24, 2.45) is 5.41 Å². The highest BCUT2D eigenvalue weighted by atomic mass is 35.5. The topological polar surface area (TPSA) is 21.3 Å². The van der Waals surface area contributed by atoms with Crippen molar-refractivity contribution in [2.75, 3.05) is 18.5 Å². The molecule has 3 rings (SSSR count). The Bertz CT molecular complexity index is 399. The van der Waals surface area contributed by atoms with Crippen LogP contribution in [0.4, 0.5) is 5.69 Å². The van der Waals surface area contributed by atoms with Gasteiger partial charge in [0.15, 0.2) is 5.75 Å². The fraction of sp³-hybridized carbons (Fsp3) is 0.538. The molecule has 0 radical (unpaired) electrons. The molecule has 86 valence electrons. The minimum atomic E-state index is 0.336. The largest absolute Gasteiger partial charge is 0.489 e. The van der Waals surface area contributed by atoms with E-state index in [1.54, 1.807) is 0 Å². The van der Waals surface area contributed by atoms with Gasteiger partial charge in [0.2, 0.25) is 0 Å². The maximum Gasteiger partial charge on any atom is 0.160 e. The van der Waals surface area contributed by atoms with Crippen LogP contribution in [0.3, 0.4) is 0 Å². The monoisotopic (exact) mass is 237 g/mol. The Balaban J connectivity index is 1.89. The van der Waals surface area contributed by atoms with Gasteiger partial charge in [0.05, 0.1) is 17.3 Å². The van der Waals surface area contributed by atoms with Crippen molar-refractivity contribution in [3.63, 3.8) is 0 Å². The van der Waals surface area contributed by atoms with Crippen molar-refractivity contribution in [3.05, 3.63) is 23.2 Å².